The molecule has 10 heavy (non-hydrogen) atoms. The minimum absolute atomic E-state index is 0. The number of hydrogen-bond donors (Lipinski definition) is 1. The maximum Gasteiger partial charge on any atom is 1.00 e. The second kappa shape index (κ2) is 22.5. The van der Waals surface area contributed by atoms with E-state index in [-0.39, 0.29) is 65.5 Å². The predicted octanol–water partition coefficient (Wildman–Crippen LogP) is -4.05. The molecule has 0 atom stereocenters. The van der Waals surface area contributed by atoms with Crippen molar-refractivity contribution in [3.8, 4) is 0 Å². The third-order valence-corrected chi connectivity index (χ3v) is 0.213. The van der Waals surface area contributed by atoms with Crippen molar-refractivity contribution in [1.29, 1.82) is 0 Å². The van der Waals surface area contributed by atoms with E-state index in [2.05, 4.69) is 11.2 Å². The molecule has 0 aromatic rings. The molecule has 0 fully saturated rings. The summed E-state index contributed by atoms with van der Waals surface area (Å²) >= 11 is 0. The van der Waals surface area contributed by atoms with E-state index in [0.29, 0.717) is 0 Å². The molecule has 0 heterocycles. The molecule has 58 valence electrons. The van der Waals surface area contributed by atoms with Crippen molar-refractivity contribution in [2.75, 3.05) is 0 Å². The largest absolute Gasteiger partial charge is 1.00 e. The van der Waals surface area contributed by atoms with Gasteiger partial charge >= 0.3 is 58.7 Å². The fourth-order valence-corrected chi connectivity index (χ4v) is 0.0823. The second-order valence-electron chi connectivity index (χ2n) is 0.610. The molecule has 0 aliphatic rings. The summed E-state index contributed by atoms with van der Waals surface area (Å²) in [6.45, 7) is 3.02. The van der Waals surface area contributed by atoms with Crippen molar-refractivity contribution >= 4 is 7.32 Å². The summed E-state index contributed by atoms with van der Waals surface area (Å²) in [4.78, 5) is 0. The summed E-state index contributed by atoms with van der Waals surface area (Å²) in [5, 5.41) is 17.1. The van der Waals surface area contributed by atoms with Crippen LogP contribution < -0.4 is 56.4 Å². The van der Waals surface area contributed by atoms with Gasteiger partial charge in [0.1, 0.15) is 0 Å². The van der Waals surface area contributed by atoms with E-state index in [1.165, 1.54) is 0 Å². The van der Waals surface area contributed by atoms with Gasteiger partial charge in [-0.1, -0.05) is 6.58 Å². The van der Waals surface area contributed by atoms with Crippen molar-refractivity contribution in [3.05, 3.63) is 12.8 Å². The second-order valence-corrected chi connectivity index (χ2v) is 0.610. The summed E-state index contributed by atoms with van der Waals surface area (Å²) in [7, 11) is -1.97. The topological polar surface area (TPSA) is 52.5 Å². The van der Waals surface area contributed by atoms with Crippen LogP contribution in [0.1, 0.15) is 0 Å². The standard InChI is InChI=1S/C2H4BO3.3FH.K/c1-2-6-3(4)5;;;;/h2,4H,1H2;3*1H;/q-1;;;;+1. The van der Waals surface area contributed by atoms with Crippen LogP contribution in [0, 0.1) is 0 Å². The molecule has 0 aliphatic heterocycles. The van der Waals surface area contributed by atoms with Gasteiger partial charge in [-0.15, -0.1) is 0 Å². The molecule has 0 bridgehead atoms. The fraction of sp³-hybridized carbons (Fsp3) is 0. The van der Waals surface area contributed by atoms with Crippen LogP contribution in [0.25, 0.3) is 0 Å². The van der Waals surface area contributed by atoms with Crippen molar-refractivity contribution in [2.24, 2.45) is 0 Å². The molecular weight excluding hydrogens is 179 g/mol. The van der Waals surface area contributed by atoms with Crippen molar-refractivity contribution in [1.82, 2.24) is 0 Å². The summed E-state index contributed by atoms with van der Waals surface area (Å²) in [5.41, 5.74) is 0. The van der Waals surface area contributed by atoms with Gasteiger partial charge in [-0.2, -0.15) is 0 Å². The summed E-state index contributed by atoms with van der Waals surface area (Å²) in [5.74, 6) is 0. The third kappa shape index (κ3) is 36.2. The molecule has 0 aromatic heterocycles. The summed E-state index contributed by atoms with van der Waals surface area (Å²) < 4.78 is 3.81. The minimum atomic E-state index is -1.97. The smallest absolute Gasteiger partial charge is 0.820 e. The first kappa shape index (κ1) is 30.6. The molecule has 0 saturated carbocycles. The van der Waals surface area contributed by atoms with Gasteiger partial charge in [-0.3, -0.25) is 14.1 Å². The molecule has 0 saturated heterocycles. The maximum absolute atomic E-state index is 9.39. The van der Waals surface area contributed by atoms with E-state index >= 15 is 0 Å². The van der Waals surface area contributed by atoms with Gasteiger partial charge in [-0.25, -0.2) is 0 Å². The Balaban J connectivity index is -0.0000000208. The van der Waals surface area contributed by atoms with E-state index in [0.717, 1.165) is 6.26 Å². The number of rotatable bonds is 2. The van der Waals surface area contributed by atoms with E-state index in [1.807, 2.05) is 0 Å². The Morgan fingerprint density at radius 3 is 1.70 bits per heavy atom. The van der Waals surface area contributed by atoms with Gasteiger partial charge in [0, 0.05) is 0 Å². The number of halogens is 3. The van der Waals surface area contributed by atoms with Crippen molar-refractivity contribution < 1.29 is 80.2 Å². The fourth-order valence-electron chi connectivity index (χ4n) is 0.0823. The quantitative estimate of drug-likeness (QED) is 0.352. The average Bonchev–Trinajstić information content (AvgIpc) is 1.35. The Hall–Kier alpha value is 0.951. The van der Waals surface area contributed by atoms with Gasteiger partial charge in [0.05, 0.1) is 6.26 Å². The van der Waals surface area contributed by atoms with E-state index < -0.39 is 7.32 Å². The Labute approximate surface area is 99.2 Å². The van der Waals surface area contributed by atoms with Gasteiger partial charge < -0.3 is 14.7 Å². The zero-order valence-corrected chi connectivity index (χ0v) is 8.47. The molecular formula is C2H7BF3KO3. The molecule has 1 N–H and O–H groups in total. The molecule has 3 nitrogen and oxygen atoms in total. The van der Waals surface area contributed by atoms with Crippen LogP contribution in [0.3, 0.4) is 0 Å². The van der Waals surface area contributed by atoms with Crippen LogP contribution in [0.15, 0.2) is 12.8 Å². The van der Waals surface area contributed by atoms with E-state index in [4.69, 9.17) is 5.02 Å². The Morgan fingerprint density at radius 1 is 1.40 bits per heavy atom. The van der Waals surface area contributed by atoms with Crippen LogP contribution in [-0.4, -0.2) is 12.3 Å². The number of hydrogen-bond acceptors (Lipinski definition) is 3. The molecule has 0 unspecified atom stereocenters. The van der Waals surface area contributed by atoms with Crippen LogP contribution >= 0.6 is 0 Å². The first-order valence-electron chi connectivity index (χ1n) is 1.37. The zero-order chi connectivity index (χ0) is 4.99. The van der Waals surface area contributed by atoms with Crippen LogP contribution in [0.5, 0.6) is 0 Å². The molecule has 0 aromatic carbocycles. The Morgan fingerprint density at radius 2 is 1.70 bits per heavy atom. The summed E-state index contributed by atoms with van der Waals surface area (Å²) in [6.07, 6.45) is 0.887. The predicted molar refractivity (Wildman–Crippen MR) is 26.8 cm³/mol. The van der Waals surface area contributed by atoms with Crippen molar-refractivity contribution in [3.63, 3.8) is 0 Å². The van der Waals surface area contributed by atoms with Crippen LogP contribution in [-0.2, 0) is 4.65 Å². The minimum Gasteiger partial charge on any atom is -0.820 e. The molecule has 0 amide bonds. The normalized spacial score (nSPS) is 4.20. The van der Waals surface area contributed by atoms with Gasteiger partial charge in [0.15, 0.2) is 0 Å². The Bertz CT molecular complexity index is 57.0. The zero-order valence-electron chi connectivity index (χ0n) is 5.35. The SMILES string of the molecule is C=COB([O-])O.F.F.F.[K+]. The van der Waals surface area contributed by atoms with Crippen molar-refractivity contribution in [2.45, 2.75) is 0 Å². The molecule has 0 spiro atoms. The molecule has 0 radical (unpaired) electrons. The third-order valence-electron chi connectivity index (χ3n) is 0.213. The van der Waals surface area contributed by atoms with Gasteiger partial charge in [0.2, 0.25) is 0 Å². The van der Waals surface area contributed by atoms with Gasteiger partial charge in [0.25, 0.3) is 0 Å². The molecule has 0 rings (SSSR count). The van der Waals surface area contributed by atoms with E-state index in [9.17, 15) is 5.02 Å². The molecule has 0 aliphatic carbocycles. The average molecular weight is 186 g/mol. The van der Waals surface area contributed by atoms with Crippen LogP contribution in [0.4, 0.5) is 14.1 Å². The maximum atomic E-state index is 9.39. The van der Waals surface area contributed by atoms with Crippen LogP contribution in [0.2, 0.25) is 0 Å². The monoisotopic (exact) mass is 186 g/mol. The van der Waals surface area contributed by atoms with Gasteiger partial charge in [-0.05, 0) is 0 Å². The summed E-state index contributed by atoms with van der Waals surface area (Å²) in [6, 6.07) is 0. The first-order chi connectivity index (χ1) is 2.77. The van der Waals surface area contributed by atoms with E-state index in [1.54, 1.807) is 0 Å². The first-order valence-corrected chi connectivity index (χ1v) is 1.37. The molecule has 8 heteroatoms. The Kier molecular flexibility index (Phi) is 68.9.